The molecular formula is C31H38ClN3O7S. The largest absolute Gasteiger partial charge is 0.497 e. The quantitative estimate of drug-likeness (QED) is 0.303. The van der Waals surface area contributed by atoms with Crippen LogP contribution in [0.25, 0.3) is 0 Å². The van der Waals surface area contributed by atoms with E-state index >= 15 is 0 Å². The topological polar surface area (TPSA) is 114 Å². The molecule has 0 radical (unpaired) electrons. The van der Waals surface area contributed by atoms with Gasteiger partial charge in [-0.2, -0.15) is 0 Å². The minimum atomic E-state index is -4.32. The SMILES string of the molecule is COc1cccc(CN(C(=O)CN(c2ccc(Cl)cc2)S(=O)(=O)c2ccc(OC)c(OC)c2)[C@H](C)C(=O)NC(C)(C)C)c1. The van der Waals surface area contributed by atoms with Crippen LogP contribution in [0.4, 0.5) is 5.69 Å². The van der Waals surface area contributed by atoms with Gasteiger partial charge in [0.2, 0.25) is 11.8 Å². The maximum absolute atomic E-state index is 14.1. The third-order valence-electron chi connectivity index (χ3n) is 6.49. The molecule has 0 aromatic heterocycles. The molecule has 0 unspecified atom stereocenters. The zero-order valence-electron chi connectivity index (χ0n) is 25.4. The van der Waals surface area contributed by atoms with Gasteiger partial charge in [-0.05, 0) is 81.8 Å². The van der Waals surface area contributed by atoms with Crippen LogP contribution < -0.4 is 23.8 Å². The second-order valence-electron chi connectivity index (χ2n) is 10.8. The van der Waals surface area contributed by atoms with Crippen molar-refractivity contribution in [2.75, 3.05) is 32.2 Å². The molecule has 3 aromatic carbocycles. The van der Waals surface area contributed by atoms with Gasteiger partial charge in [0.1, 0.15) is 18.3 Å². The first kappa shape index (κ1) is 33.5. The van der Waals surface area contributed by atoms with E-state index in [1.165, 1.54) is 68.7 Å². The molecule has 1 atom stereocenters. The first-order valence-electron chi connectivity index (χ1n) is 13.4. The number of sulfonamides is 1. The fraction of sp³-hybridized carbons (Fsp3) is 0.355. The van der Waals surface area contributed by atoms with Crippen molar-refractivity contribution in [1.29, 1.82) is 0 Å². The number of hydrogen-bond acceptors (Lipinski definition) is 7. The van der Waals surface area contributed by atoms with Crippen LogP contribution in [0.15, 0.2) is 71.6 Å². The smallest absolute Gasteiger partial charge is 0.264 e. The maximum Gasteiger partial charge on any atom is 0.264 e. The third-order valence-corrected chi connectivity index (χ3v) is 8.51. The summed E-state index contributed by atoms with van der Waals surface area (Å²) in [7, 11) is 0.0485. The maximum atomic E-state index is 14.1. The van der Waals surface area contributed by atoms with Gasteiger partial charge in [0.05, 0.1) is 31.9 Å². The van der Waals surface area contributed by atoms with Crippen molar-refractivity contribution in [1.82, 2.24) is 10.2 Å². The fourth-order valence-corrected chi connectivity index (χ4v) is 5.82. The van der Waals surface area contributed by atoms with Gasteiger partial charge >= 0.3 is 0 Å². The average molecular weight is 632 g/mol. The number of hydrogen-bond donors (Lipinski definition) is 1. The number of carbonyl (C=O) groups excluding carboxylic acids is 2. The average Bonchev–Trinajstić information content (AvgIpc) is 2.97. The van der Waals surface area contributed by atoms with Crippen molar-refractivity contribution < 1.29 is 32.2 Å². The Bertz CT molecular complexity index is 1540. The molecule has 3 rings (SSSR count). The van der Waals surface area contributed by atoms with Gasteiger partial charge in [0.25, 0.3) is 10.0 Å². The number of amides is 2. The molecule has 43 heavy (non-hydrogen) atoms. The second-order valence-corrected chi connectivity index (χ2v) is 13.1. The van der Waals surface area contributed by atoms with Crippen molar-refractivity contribution in [3.05, 3.63) is 77.3 Å². The lowest BCUT2D eigenvalue weighted by Gasteiger charge is -2.33. The second kappa shape index (κ2) is 14.0. The summed E-state index contributed by atoms with van der Waals surface area (Å²) in [5, 5.41) is 3.30. The molecule has 10 nitrogen and oxygen atoms in total. The molecule has 0 bridgehead atoms. The van der Waals surface area contributed by atoms with E-state index in [0.29, 0.717) is 22.1 Å². The number of nitrogens with zero attached hydrogens (tertiary/aromatic N) is 2. The molecule has 0 aliphatic rings. The van der Waals surface area contributed by atoms with Gasteiger partial charge in [0, 0.05) is 23.2 Å². The first-order valence-corrected chi connectivity index (χ1v) is 15.3. The summed E-state index contributed by atoms with van der Waals surface area (Å²) >= 11 is 6.09. The number of rotatable bonds is 12. The van der Waals surface area contributed by atoms with Gasteiger partial charge < -0.3 is 24.4 Å². The van der Waals surface area contributed by atoms with Crippen LogP contribution >= 0.6 is 11.6 Å². The van der Waals surface area contributed by atoms with E-state index in [9.17, 15) is 18.0 Å². The Balaban J connectivity index is 2.08. The van der Waals surface area contributed by atoms with E-state index in [-0.39, 0.29) is 28.8 Å². The molecule has 12 heteroatoms. The molecule has 0 aliphatic carbocycles. The monoisotopic (exact) mass is 631 g/mol. The lowest BCUT2D eigenvalue weighted by atomic mass is 10.1. The molecule has 1 N–H and O–H groups in total. The summed E-state index contributed by atoms with van der Waals surface area (Å²) in [4.78, 5) is 28.6. The third kappa shape index (κ3) is 8.55. The minimum absolute atomic E-state index is 0.0274. The van der Waals surface area contributed by atoms with Crippen LogP contribution in [-0.4, -0.2) is 64.6 Å². The van der Waals surface area contributed by atoms with Gasteiger partial charge in [-0.15, -0.1) is 0 Å². The van der Waals surface area contributed by atoms with E-state index < -0.39 is 34.1 Å². The number of anilines is 1. The highest BCUT2D eigenvalue weighted by atomic mass is 35.5. The van der Waals surface area contributed by atoms with E-state index in [1.54, 1.807) is 31.2 Å². The number of nitrogens with one attached hydrogen (secondary N) is 1. The summed E-state index contributed by atoms with van der Waals surface area (Å²) < 4.78 is 45.1. The van der Waals surface area contributed by atoms with Gasteiger partial charge in [-0.3, -0.25) is 13.9 Å². The molecule has 232 valence electrons. The van der Waals surface area contributed by atoms with Crippen molar-refractivity contribution in [2.45, 2.75) is 50.7 Å². The van der Waals surface area contributed by atoms with E-state index in [4.69, 9.17) is 25.8 Å². The summed E-state index contributed by atoms with van der Waals surface area (Å²) in [6.45, 7) is 6.54. The lowest BCUT2D eigenvalue weighted by molar-refractivity contribution is -0.140. The molecule has 0 heterocycles. The van der Waals surface area contributed by atoms with Crippen LogP contribution in [0.1, 0.15) is 33.3 Å². The fourth-order valence-electron chi connectivity index (χ4n) is 4.26. The standard InChI is InChI=1S/C31H38ClN3O7S/c1-21(30(37)33-31(2,3)4)34(19-22-9-8-10-25(17-22)40-5)29(36)20-35(24-13-11-23(32)12-14-24)43(38,39)26-15-16-27(41-6)28(18-26)42-7/h8-18,21H,19-20H2,1-7H3,(H,33,37)/t21-/m1/s1. The molecule has 0 saturated carbocycles. The Morgan fingerprint density at radius 1 is 0.907 bits per heavy atom. The first-order chi connectivity index (χ1) is 20.2. The Hall–Kier alpha value is -3.96. The van der Waals surface area contributed by atoms with E-state index in [2.05, 4.69) is 5.32 Å². The summed E-state index contributed by atoms with van der Waals surface area (Å²) in [5.74, 6) is 0.148. The number of ether oxygens (including phenoxy) is 3. The van der Waals surface area contributed by atoms with E-state index in [1.807, 2.05) is 20.8 Å². The highest BCUT2D eigenvalue weighted by Gasteiger charge is 2.34. The Labute approximate surface area is 258 Å². The van der Waals surface area contributed by atoms with Crippen molar-refractivity contribution in [3.63, 3.8) is 0 Å². The lowest BCUT2D eigenvalue weighted by Crippen LogP contribution is -2.54. The molecular weight excluding hydrogens is 594 g/mol. The van der Waals surface area contributed by atoms with Crippen LogP contribution in [0.3, 0.4) is 0 Å². The minimum Gasteiger partial charge on any atom is -0.497 e. The molecule has 0 fully saturated rings. The zero-order valence-corrected chi connectivity index (χ0v) is 27.0. The predicted molar refractivity (Wildman–Crippen MR) is 166 cm³/mol. The van der Waals surface area contributed by atoms with Crippen molar-refractivity contribution in [2.24, 2.45) is 0 Å². The van der Waals surface area contributed by atoms with Crippen LogP contribution in [0, 0.1) is 0 Å². The molecule has 0 saturated heterocycles. The van der Waals surface area contributed by atoms with Crippen LogP contribution in [0.5, 0.6) is 17.2 Å². The summed E-state index contributed by atoms with van der Waals surface area (Å²) in [6.07, 6.45) is 0. The normalized spacial score (nSPS) is 12.2. The highest BCUT2D eigenvalue weighted by molar-refractivity contribution is 7.92. The Kier molecular flexibility index (Phi) is 10.9. The number of halogens is 1. The van der Waals surface area contributed by atoms with Gasteiger partial charge in [-0.1, -0.05) is 23.7 Å². The van der Waals surface area contributed by atoms with Crippen LogP contribution in [0.2, 0.25) is 5.02 Å². The predicted octanol–water partition coefficient (Wildman–Crippen LogP) is 4.89. The molecule has 0 aliphatic heterocycles. The molecule has 3 aromatic rings. The summed E-state index contributed by atoms with van der Waals surface area (Å²) in [5.41, 5.74) is 0.354. The van der Waals surface area contributed by atoms with Crippen molar-refractivity contribution in [3.8, 4) is 17.2 Å². The van der Waals surface area contributed by atoms with E-state index in [0.717, 1.165) is 4.31 Å². The molecule has 2 amide bonds. The zero-order chi connectivity index (χ0) is 31.9. The number of carbonyl (C=O) groups is 2. The van der Waals surface area contributed by atoms with Gasteiger partial charge in [0.15, 0.2) is 11.5 Å². The Morgan fingerprint density at radius 3 is 2.14 bits per heavy atom. The number of methoxy groups -OCH3 is 3. The summed E-state index contributed by atoms with van der Waals surface area (Å²) in [6, 6.07) is 16.4. The van der Waals surface area contributed by atoms with Crippen LogP contribution in [-0.2, 0) is 26.2 Å². The van der Waals surface area contributed by atoms with Crippen molar-refractivity contribution >= 4 is 39.1 Å². The Morgan fingerprint density at radius 2 is 1.56 bits per heavy atom. The molecule has 0 spiro atoms. The van der Waals surface area contributed by atoms with Gasteiger partial charge in [-0.25, -0.2) is 8.42 Å². The number of benzene rings is 3. The highest BCUT2D eigenvalue weighted by Crippen LogP contribution is 2.33.